The quantitative estimate of drug-likeness (QED) is 0.744. The van der Waals surface area contributed by atoms with E-state index in [1.54, 1.807) is 18.3 Å². The maximum absolute atomic E-state index is 12.3. The lowest BCUT2D eigenvalue weighted by atomic mass is 9.96. The van der Waals surface area contributed by atoms with Crippen molar-refractivity contribution < 1.29 is 4.79 Å². The van der Waals surface area contributed by atoms with Gasteiger partial charge < -0.3 is 9.88 Å². The smallest absolute Gasteiger partial charge is 0.246 e. The fraction of sp³-hybridized carbons (Fsp3) is 0.278. The summed E-state index contributed by atoms with van der Waals surface area (Å²) >= 11 is 1.53. The molecule has 0 unspecified atom stereocenters. The van der Waals surface area contributed by atoms with E-state index in [0.29, 0.717) is 5.92 Å². The second-order valence-electron chi connectivity index (χ2n) is 5.94. The average Bonchev–Trinajstić information content (AvgIpc) is 3.29. The van der Waals surface area contributed by atoms with E-state index in [2.05, 4.69) is 9.97 Å². The van der Waals surface area contributed by atoms with Gasteiger partial charge in [-0.1, -0.05) is 12.1 Å². The van der Waals surface area contributed by atoms with Crippen LogP contribution < -0.4 is 0 Å². The SMILES string of the molecule is O=C(C=Cc1nccs1)N1CCC(c2nc3ccccc3[nH]2)CC1. The number of likely N-dealkylation sites (tertiary alicyclic amines) is 1. The Balaban J connectivity index is 1.38. The Morgan fingerprint density at radius 3 is 2.88 bits per heavy atom. The normalized spacial score (nSPS) is 16.2. The summed E-state index contributed by atoms with van der Waals surface area (Å²) in [5.41, 5.74) is 2.09. The summed E-state index contributed by atoms with van der Waals surface area (Å²) in [6.07, 6.45) is 7.04. The van der Waals surface area contributed by atoms with Crippen LogP contribution >= 0.6 is 11.3 Å². The molecule has 24 heavy (non-hydrogen) atoms. The van der Waals surface area contributed by atoms with Crippen LogP contribution in [0.15, 0.2) is 41.9 Å². The minimum absolute atomic E-state index is 0.0632. The van der Waals surface area contributed by atoms with Crippen molar-refractivity contribution in [1.82, 2.24) is 19.9 Å². The van der Waals surface area contributed by atoms with Gasteiger partial charge in [-0.15, -0.1) is 11.3 Å². The van der Waals surface area contributed by atoms with Crippen molar-refractivity contribution in [2.75, 3.05) is 13.1 Å². The summed E-state index contributed by atoms with van der Waals surface area (Å²) in [6, 6.07) is 8.09. The number of carbonyl (C=O) groups excluding carboxylic acids is 1. The molecule has 4 rings (SSSR count). The predicted molar refractivity (Wildman–Crippen MR) is 95.8 cm³/mol. The highest BCUT2D eigenvalue weighted by Gasteiger charge is 2.24. The Hall–Kier alpha value is -2.47. The number of rotatable bonds is 3. The fourth-order valence-corrected chi connectivity index (χ4v) is 3.63. The van der Waals surface area contributed by atoms with Gasteiger partial charge in [0.05, 0.1) is 11.0 Å². The number of nitrogens with zero attached hydrogens (tertiary/aromatic N) is 3. The summed E-state index contributed by atoms with van der Waals surface area (Å²) < 4.78 is 0. The number of amides is 1. The lowest BCUT2D eigenvalue weighted by Crippen LogP contribution is -2.37. The van der Waals surface area contributed by atoms with Crippen molar-refractivity contribution in [2.45, 2.75) is 18.8 Å². The molecule has 122 valence electrons. The second kappa shape index (κ2) is 6.57. The molecule has 1 aliphatic heterocycles. The fourth-order valence-electron chi connectivity index (χ4n) is 3.10. The van der Waals surface area contributed by atoms with Gasteiger partial charge in [0.1, 0.15) is 10.8 Å². The van der Waals surface area contributed by atoms with Crippen LogP contribution in [0.25, 0.3) is 17.1 Å². The van der Waals surface area contributed by atoms with Gasteiger partial charge in [0.2, 0.25) is 5.91 Å². The Kier molecular flexibility index (Phi) is 4.13. The number of para-hydroxylation sites is 2. The van der Waals surface area contributed by atoms with E-state index in [0.717, 1.165) is 47.8 Å². The van der Waals surface area contributed by atoms with E-state index >= 15 is 0 Å². The van der Waals surface area contributed by atoms with E-state index in [-0.39, 0.29) is 5.91 Å². The Bertz CT molecular complexity index is 827. The Labute approximate surface area is 144 Å². The molecule has 0 radical (unpaired) electrons. The number of aromatic nitrogens is 3. The van der Waals surface area contributed by atoms with Gasteiger partial charge in [0.25, 0.3) is 0 Å². The highest BCUT2D eigenvalue weighted by Crippen LogP contribution is 2.27. The summed E-state index contributed by atoms with van der Waals surface area (Å²) in [5.74, 6) is 1.50. The third-order valence-electron chi connectivity index (χ3n) is 4.42. The first-order valence-electron chi connectivity index (χ1n) is 8.11. The number of H-pyrrole nitrogens is 1. The van der Waals surface area contributed by atoms with Gasteiger partial charge in [-0.25, -0.2) is 9.97 Å². The van der Waals surface area contributed by atoms with Gasteiger partial charge in [0, 0.05) is 36.7 Å². The van der Waals surface area contributed by atoms with E-state index in [1.165, 1.54) is 11.3 Å². The van der Waals surface area contributed by atoms with Crippen molar-refractivity contribution in [3.63, 3.8) is 0 Å². The predicted octanol–water partition coefficient (Wildman–Crippen LogP) is 3.44. The zero-order valence-electron chi connectivity index (χ0n) is 13.2. The molecule has 2 aromatic heterocycles. The van der Waals surface area contributed by atoms with Crippen LogP contribution in [0.3, 0.4) is 0 Å². The molecule has 1 fully saturated rings. The lowest BCUT2D eigenvalue weighted by Gasteiger charge is -2.30. The minimum Gasteiger partial charge on any atom is -0.342 e. The van der Waals surface area contributed by atoms with Gasteiger partial charge in [-0.2, -0.15) is 0 Å². The monoisotopic (exact) mass is 338 g/mol. The maximum Gasteiger partial charge on any atom is 0.246 e. The topological polar surface area (TPSA) is 61.9 Å². The molecule has 0 spiro atoms. The van der Waals surface area contributed by atoms with Gasteiger partial charge in [-0.05, 0) is 31.1 Å². The maximum atomic E-state index is 12.3. The van der Waals surface area contributed by atoms with Gasteiger partial charge in [0.15, 0.2) is 0 Å². The van der Waals surface area contributed by atoms with Crippen LogP contribution in [-0.2, 0) is 4.79 Å². The highest BCUT2D eigenvalue weighted by molar-refractivity contribution is 7.10. The highest BCUT2D eigenvalue weighted by atomic mass is 32.1. The van der Waals surface area contributed by atoms with Crippen LogP contribution in [-0.4, -0.2) is 38.8 Å². The largest absolute Gasteiger partial charge is 0.342 e. The summed E-state index contributed by atoms with van der Waals surface area (Å²) in [4.78, 5) is 26.4. The van der Waals surface area contributed by atoms with Crippen molar-refractivity contribution in [1.29, 1.82) is 0 Å². The van der Waals surface area contributed by atoms with E-state index < -0.39 is 0 Å². The molecule has 3 heterocycles. The molecule has 0 bridgehead atoms. The third kappa shape index (κ3) is 3.10. The van der Waals surface area contributed by atoms with Crippen molar-refractivity contribution in [3.05, 3.63) is 52.8 Å². The number of hydrogen-bond acceptors (Lipinski definition) is 4. The summed E-state index contributed by atoms with van der Waals surface area (Å²) in [5, 5.41) is 2.77. The average molecular weight is 338 g/mol. The number of aromatic amines is 1. The number of benzene rings is 1. The number of hydrogen-bond donors (Lipinski definition) is 1. The first-order chi connectivity index (χ1) is 11.8. The number of nitrogens with one attached hydrogen (secondary N) is 1. The molecule has 0 atom stereocenters. The molecule has 6 heteroatoms. The number of fused-ring (bicyclic) bond motifs is 1. The second-order valence-corrected chi connectivity index (χ2v) is 6.87. The van der Waals surface area contributed by atoms with Crippen LogP contribution in [0.1, 0.15) is 29.6 Å². The first-order valence-corrected chi connectivity index (χ1v) is 8.99. The molecule has 1 N–H and O–H groups in total. The van der Waals surface area contributed by atoms with E-state index in [9.17, 15) is 4.79 Å². The van der Waals surface area contributed by atoms with Crippen LogP contribution in [0.4, 0.5) is 0 Å². The van der Waals surface area contributed by atoms with Crippen molar-refractivity contribution in [2.24, 2.45) is 0 Å². The zero-order chi connectivity index (χ0) is 16.4. The van der Waals surface area contributed by atoms with E-state index in [1.807, 2.05) is 34.5 Å². The molecule has 1 amide bonds. The Morgan fingerprint density at radius 2 is 2.12 bits per heavy atom. The van der Waals surface area contributed by atoms with Crippen LogP contribution in [0.2, 0.25) is 0 Å². The molecular weight excluding hydrogens is 320 g/mol. The summed E-state index contributed by atoms with van der Waals surface area (Å²) in [7, 11) is 0. The molecule has 5 nitrogen and oxygen atoms in total. The minimum atomic E-state index is 0.0632. The lowest BCUT2D eigenvalue weighted by molar-refractivity contribution is -0.127. The molecular formula is C18H18N4OS. The molecule has 1 saturated heterocycles. The number of carbonyl (C=O) groups is 1. The van der Waals surface area contributed by atoms with Crippen molar-refractivity contribution >= 4 is 34.4 Å². The molecule has 3 aromatic rings. The van der Waals surface area contributed by atoms with Gasteiger partial charge in [-0.3, -0.25) is 4.79 Å². The van der Waals surface area contributed by atoms with E-state index in [4.69, 9.17) is 4.98 Å². The standard InChI is InChI=1S/C18H18N4OS/c23-17(6-5-16-19-9-12-24-16)22-10-7-13(8-11-22)18-20-14-3-1-2-4-15(14)21-18/h1-6,9,12-13H,7-8,10-11H2,(H,20,21). The molecule has 1 aliphatic rings. The van der Waals surface area contributed by atoms with Crippen LogP contribution in [0.5, 0.6) is 0 Å². The van der Waals surface area contributed by atoms with Crippen LogP contribution in [0, 0.1) is 0 Å². The number of imidazole rings is 1. The molecule has 0 saturated carbocycles. The summed E-state index contributed by atoms with van der Waals surface area (Å²) in [6.45, 7) is 1.53. The third-order valence-corrected chi connectivity index (χ3v) is 5.16. The Morgan fingerprint density at radius 1 is 1.29 bits per heavy atom. The molecule has 1 aromatic carbocycles. The zero-order valence-corrected chi connectivity index (χ0v) is 14.0. The molecule has 0 aliphatic carbocycles. The van der Waals surface area contributed by atoms with Gasteiger partial charge >= 0.3 is 0 Å². The first kappa shape index (κ1) is 15.1. The number of thiazole rings is 1. The number of piperidine rings is 1. The van der Waals surface area contributed by atoms with Crippen molar-refractivity contribution in [3.8, 4) is 0 Å².